The molecule has 0 spiro atoms. The Bertz CT molecular complexity index is 283. The zero-order chi connectivity index (χ0) is 13.1. The summed E-state index contributed by atoms with van der Waals surface area (Å²) in [6.07, 6.45) is -3.07. The van der Waals surface area contributed by atoms with Crippen molar-refractivity contribution in [3.63, 3.8) is 0 Å². The predicted molar refractivity (Wildman–Crippen MR) is 52.7 cm³/mol. The number of quaternary nitrogens is 1. The molecule has 2 unspecified atom stereocenters. The van der Waals surface area contributed by atoms with Crippen molar-refractivity contribution in [1.82, 2.24) is 0 Å². The van der Waals surface area contributed by atoms with Gasteiger partial charge in [-0.1, -0.05) is 6.92 Å². The van der Waals surface area contributed by atoms with Gasteiger partial charge in [0.25, 0.3) is 0 Å². The van der Waals surface area contributed by atoms with Crippen LogP contribution in [0.3, 0.4) is 0 Å². The topological polar surface area (TPSA) is 77.4 Å². The fourth-order valence-electron chi connectivity index (χ4n) is 1.50. The molecule has 0 fully saturated rings. The second-order valence-electron chi connectivity index (χ2n) is 4.38. The standard InChI is InChI=1S/C10H19NO4/c1-5-7(12)10(11(2,3)4)8(13)6-9(14)15/h8,10,13H,5-6H2,1-4H3/i8D. The second kappa shape index (κ2) is 5.23. The summed E-state index contributed by atoms with van der Waals surface area (Å²) in [7, 11) is 4.90. The van der Waals surface area contributed by atoms with E-state index in [0.717, 1.165) is 0 Å². The molecule has 0 rings (SSSR count). The maximum absolute atomic E-state index is 11.7. The minimum Gasteiger partial charge on any atom is -0.550 e. The molecular formula is C10H19NO4. The molecule has 0 aromatic carbocycles. The lowest BCUT2D eigenvalue weighted by Gasteiger charge is -2.35. The van der Waals surface area contributed by atoms with Gasteiger partial charge in [0.1, 0.15) is 6.08 Å². The first-order chi connectivity index (χ1) is 7.02. The van der Waals surface area contributed by atoms with Crippen LogP contribution in [0.5, 0.6) is 0 Å². The minimum atomic E-state index is -2.34. The molecule has 0 bridgehead atoms. The Labute approximate surface area is 91.3 Å². The number of carboxylic acid groups (broad SMARTS) is 1. The molecule has 0 aliphatic carbocycles. The van der Waals surface area contributed by atoms with E-state index in [-0.39, 0.29) is 16.7 Å². The summed E-state index contributed by atoms with van der Waals surface area (Å²) in [6, 6.07) is -1.10. The Kier molecular flexibility index (Phi) is 4.23. The van der Waals surface area contributed by atoms with Crippen LogP contribution in [0, 0.1) is 0 Å². The average Bonchev–Trinajstić information content (AvgIpc) is 1.97. The maximum Gasteiger partial charge on any atom is 0.192 e. The number of Topliss-reactive ketones (excluding diaryl/α,β-unsaturated/α-hetero) is 1. The van der Waals surface area contributed by atoms with Gasteiger partial charge in [0.15, 0.2) is 11.8 Å². The van der Waals surface area contributed by atoms with E-state index >= 15 is 0 Å². The van der Waals surface area contributed by atoms with Crippen LogP contribution in [0.2, 0.25) is 0 Å². The summed E-state index contributed by atoms with van der Waals surface area (Å²) in [5, 5.41) is 20.2. The predicted octanol–water partition coefficient (Wildman–Crippen LogP) is -1.46. The normalized spacial score (nSPS) is 18.9. The Morgan fingerprint density at radius 1 is 1.47 bits per heavy atom. The van der Waals surface area contributed by atoms with Gasteiger partial charge in [-0.15, -0.1) is 0 Å². The van der Waals surface area contributed by atoms with E-state index in [2.05, 4.69) is 0 Å². The van der Waals surface area contributed by atoms with Gasteiger partial charge in [0.2, 0.25) is 0 Å². The Morgan fingerprint density at radius 3 is 2.20 bits per heavy atom. The van der Waals surface area contributed by atoms with E-state index in [4.69, 9.17) is 1.37 Å². The van der Waals surface area contributed by atoms with Crippen molar-refractivity contribution in [2.24, 2.45) is 0 Å². The first kappa shape index (κ1) is 12.1. The van der Waals surface area contributed by atoms with Gasteiger partial charge in [0.05, 0.1) is 22.5 Å². The molecule has 0 heterocycles. The minimum absolute atomic E-state index is 0.0000463. The van der Waals surface area contributed by atoms with Crippen molar-refractivity contribution in [2.45, 2.75) is 31.9 Å². The first-order valence-electron chi connectivity index (χ1n) is 5.28. The van der Waals surface area contributed by atoms with Gasteiger partial charge in [-0.3, -0.25) is 4.79 Å². The van der Waals surface area contributed by atoms with E-state index in [9.17, 15) is 19.8 Å². The van der Waals surface area contributed by atoms with E-state index in [1.807, 2.05) is 0 Å². The summed E-state index contributed by atoms with van der Waals surface area (Å²) < 4.78 is 7.60. The van der Waals surface area contributed by atoms with Crippen LogP contribution in [-0.2, 0) is 9.59 Å². The highest BCUT2D eigenvalue weighted by atomic mass is 16.4. The third-order valence-electron chi connectivity index (χ3n) is 2.07. The van der Waals surface area contributed by atoms with Crippen LogP contribution in [0.15, 0.2) is 0 Å². The number of ketones is 1. The number of carboxylic acids is 1. The number of carbonyl (C=O) groups is 2. The molecule has 0 aromatic heterocycles. The largest absolute Gasteiger partial charge is 0.550 e. The van der Waals surface area contributed by atoms with Gasteiger partial charge in [-0.2, -0.15) is 0 Å². The Hall–Kier alpha value is -0.940. The Balaban J connectivity index is 5.18. The van der Waals surface area contributed by atoms with Crippen molar-refractivity contribution >= 4 is 11.8 Å². The number of rotatable bonds is 6. The van der Waals surface area contributed by atoms with E-state index < -0.39 is 24.5 Å². The van der Waals surface area contributed by atoms with E-state index in [0.29, 0.717) is 0 Å². The molecule has 2 atom stereocenters. The molecule has 0 saturated heterocycles. The smallest absolute Gasteiger partial charge is 0.192 e. The fourth-order valence-corrected chi connectivity index (χ4v) is 1.50. The van der Waals surface area contributed by atoms with Crippen LogP contribution in [-0.4, -0.2) is 54.6 Å². The van der Waals surface area contributed by atoms with Crippen LogP contribution >= 0.6 is 0 Å². The quantitative estimate of drug-likeness (QED) is 0.553. The fraction of sp³-hybridized carbons (Fsp3) is 0.800. The summed E-state index contributed by atoms with van der Waals surface area (Å²) >= 11 is 0. The second-order valence-corrected chi connectivity index (χ2v) is 4.38. The van der Waals surface area contributed by atoms with Crippen molar-refractivity contribution in [3.05, 3.63) is 0 Å². The first-order valence-corrected chi connectivity index (χ1v) is 4.78. The van der Waals surface area contributed by atoms with E-state index in [1.165, 1.54) is 0 Å². The van der Waals surface area contributed by atoms with Crippen molar-refractivity contribution in [3.8, 4) is 0 Å². The lowest BCUT2D eigenvalue weighted by Crippen LogP contribution is -2.57. The average molecular weight is 218 g/mol. The Morgan fingerprint density at radius 2 is 1.93 bits per heavy atom. The van der Waals surface area contributed by atoms with Gasteiger partial charge >= 0.3 is 0 Å². The van der Waals surface area contributed by atoms with Gasteiger partial charge in [-0.05, 0) is 0 Å². The van der Waals surface area contributed by atoms with E-state index in [1.54, 1.807) is 28.1 Å². The van der Waals surface area contributed by atoms with Crippen molar-refractivity contribution in [1.29, 1.82) is 0 Å². The molecule has 0 aliphatic heterocycles. The highest BCUT2D eigenvalue weighted by Gasteiger charge is 2.36. The summed E-state index contributed by atoms with van der Waals surface area (Å²) in [6.45, 7) is 1.61. The molecule has 0 amide bonds. The van der Waals surface area contributed by atoms with Crippen LogP contribution in [0.25, 0.3) is 0 Å². The third kappa shape index (κ3) is 4.40. The molecular weight excluding hydrogens is 198 g/mol. The number of hydrogen-bond acceptors (Lipinski definition) is 4. The molecule has 0 saturated carbocycles. The third-order valence-corrected chi connectivity index (χ3v) is 2.07. The molecule has 88 valence electrons. The lowest BCUT2D eigenvalue weighted by atomic mass is 9.99. The number of aliphatic hydroxyl groups is 1. The highest BCUT2D eigenvalue weighted by molar-refractivity contribution is 5.84. The zero-order valence-corrected chi connectivity index (χ0v) is 9.61. The van der Waals surface area contributed by atoms with Crippen LogP contribution in [0.1, 0.15) is 21.1 Å². The summed E-state index contributed by atoms with van der Waals surface area (Å²) in [5.41, 5.74) is 0. The summed E-state index contributed by atoms with van der Waals surface area (Å²) in [5.74, 6) is -1.88. The lowest BCUT2D eigenvalue weighted by molar-refractivity contribution is -0.890. The maximum atomic E-state index is 11.7. The van der Waals surface area contributed by atoms with Crippen LogP contribution in [0.4, 0.5) is 0 Å². The van der Waals surface area contributed by atoms with Gasteiger partial charge in [0, 0.05) is 18.8 Å². The number of likely N-dealkylation sites (N-methyl/N-ethyl adjacent to an activating group) is 1. The SMILES string of the molecule is [2H]C(O)(CC(=O)[O-])C(C(=O)CC)[N+](C)(C)C. The molecule has 5 nitrogen and oxygen atoms in total. The number of carbonyl (C=O) groups excluding carboxylic acids is 2. The molecule has 0 radical (unpaired) electrons. The monoisotopic (exact) mass is 218 g/mol. The molecule has 0 aliphatic rings. The molecule has 1 N–H and O–H groups in total. The number of hydrogen-bond donors (Lipinski definition) is 1. The zero-order valence-electron chi connectivity index (χ0n) is 10.6. The highest BCUT2D eigenvalue weighted by Crippen LogP contribution is 2.13. The molecule has 0 aromatic rings. The summed E-state index contributed by atoms with van der Waals surface area (Å²) in [4.78, 5) is 22.1. The van der Waals surface area contributed by atoms with Crippen molar-refractivity contribution in [2.75, 3.05) is 21.1 Å². The van der Waals surface area contributed by atoms with Crippen molar-refractivity contribution < 1.29 is 25.7 Å². The number of nitrogens with zero attached hydrogens (tertiary/aromatic N) is 1. The molecule has 15 heavy (non-hydrogen) atoms. The number of aliphatic carboxylic acids is 1. The van der Waals surface area contributed by atoms with Gasteiger partial charge in [-0.25, -0.2) is 0 Å². The van der Waals surface area contributed by atoms with Crippen LogP contribution < -0.4 is 5.11 Å². The van der Waals surface area contributed by atoms with Gasteiger partial charge < -0.3 is 19.5 Å². The molecule has 5 heteroatoms.